The zero-order valence-corrected chi connectivity index (χ0v) is 11.1. The van der Waals surface area contributed by atoms with Gasteiger partial charge >= 0.3 is 5.97 Å². The molecule has 0 saturated heterocycles. The number of rotatable bonds is 6. The molecule has 0 fully saturated rings. The number of nitrogens with one attached hydrogen (secondary N) is 2. The number of carbonyl (C=O) groups is 3. The van der Waals surface area contributed by atoms with Crippen LogP contribution in [-0.2, 0) is 14.4 Å². The smallest absolute Gasteiger partial charge is 0.322 e. The van der Waals surface area contributed by atoms with Gasteiger partial charge in [0.15, 0.2) is 0 Å². The first-order chi connectivity index (χ1) is 9.49. The number of hydrogen-bond donors (Lipinski definition) is 3. The third kappa shape index (κ3) is 5.81. The van der Waals surface area contributed by atoms with E-state index in [1.54, 1.807) is 6.08 Å². The standard InChI is InChI=1S/C14H16N2O4/c1-10-4-2-3-5-11(10)6-7-12(17)15-8-13(18)16-9-14(19)20/h2-7H,8-9H2,1H3,(H,15,17)(H,16,18)(H,19,20)/b7-6+. The maximum Gasteiger partial charge on any atom is 0.322 e. The highest BCUT2D eigenvalue weighted by atomic mass is 16.4. The topological polar surface area (TPSA) is 95.5 Å². The van der Waals surface area contributed by atoms with Gasteiger partial charge in [-0.15, -0.1) is 0 Å². The molecule has 6 nitrogen and oxygen atoms in total. The minimum atomic E-state index is -1.14. The molecule has 0 heterocycles. The summed E-state index contributed by atoms with van der Waals surface area (Å²) >= 11 is 0. The molecule has 2 amide bonds. The molecule has 0 radical (unpaired) electrons. The summed E-state index contributed by atoms with van der Waals surface area (Å²) in [5.74, 6) is -2.10. The fourth-order valence-electron chi connectivity index (χ4n) is 1.40. The van der Waals surface area contributed by atoms with Crippen LogP contribution in [0.1, 0.15) is 11.1 Å². The van der Waals surface area contributed by atoms with Gasteiger partial charge in [0.25, 0.3) is 0 Å². The number of benzene rings is 1. The minimum Gasteiger partial charge on any atom is -0.480 e. The Kier molecular flexibility index (Phi) is 5.96. The second kappa shape index (κ2) is 7.73. The molecule has 0 aliphatic rings. The molecule has 0 unspecified atom stereocenters. The minimum absolute atomic E-state index is 0.260. The predicted molar refractivity (Wildman–Crippen MR) is 73.9 cm³/mol. The van der Waals surface area contributed by atoms with E-state index in [4.69, 9.17) is 5.11 Å². The molecule has 20 heavy (non-hydrogen) atoms. The second-order valence-corrected chi connectivity index (χ2v) is 4.08. The van der Waals surface area contributed by atoms with Crippen LogP contribution in [0.2, 0.25) is 0 Å². The molecule has 1 aromatic carbocycles. The summed E-state index contributed by atoms with van der Waals surface area (Å²) in [6.45, 7) is 1.20. The van der Waals surface area contributed by atoms with Gasteiger partial charge in [-0.25, -0.2) is 0 Å². The van der Waals surface area contributed by atoms with Crippen molar-refractivity contribution in [2.75, 3.05) is 13.1 Å². The van der Waals surface area contributed by atoms with Crippen molar-refractivity contribution in [1.82, 2.24) is 10.6 Å². The van der Waals surface area contributed by atoms with Crippen LogP contribution in [0.4, 0.5) is 0 Å². The van der Waals surface area contributed by atoms with E-state index in [1.807, 2.05) is 31.2 Å². The lowest BCUT2D eigenvalue weighted by molar-refractivity contribution is -0.137. The molecule has 3 N–H and O–H groups in total. The largest absolute Gasteiger partial charge is 0.480 e. The van der Waals surface area contributed by atoms with Crippen LogP contribution in [0.25, 0.3) is 6.08 Å². The van der Waals surface area contributed by atoms with Crippen LogP contribution in [0.5, 0.6) is 0 Å². The van der Waals surface area contributed by atoms with Gasteiger partial charge in [-0.05, 0) is 24.1 Å². The Labute approximate surface area is 116 Å². The van der Waals surface area contributed by atoms with Gasteiger partial charge in [0.05, 0.1) is 6.54 Å². The van der Waals surface area contributed by atoms with Crippen LogP contribution in [-0.4, -0.2) is 36.0 Å². The van der Waals surface area contributed by atoms with Crippen LogP contribution >= 0.6 is 0 Å². The Bertz CT molecular complexity index is 538. The quantitative estimate of drug-likeness (QED) is 0.652. The molecule has 0 aliphatic carbocycles. The zero-order valence-electron chi connectivity index (χ0n) is 11.1. The van der Waals surface area contributed by atoms with Crippen molar-refractivity contribution in [2.24, 2.45) is 0 Å². The zero-order chi connectivity index (χ0) is 15.0. The van der Waals surface area contributed by atoms with Gasteiger partial charge in [0.2, 0.25) is 11.8 Å². The van der Waals surface area contributed by atoms with Gasteiger partial charge < -0.3 is 15.7 Å². The number of hydrogen-bond acceptors (Lipinski definition) is 3. The monoisotopic (exact) mass is 276 g/mol. The van der Waals surface area contributed by atoms with E-state index in [9.17, 15) is 14.4 Å². The maximum atomic E-state index is 11.5. The van der Waals surface area contributed by atoms with Crippen LogP contribution in [0.15, 0.2) is 30.3 Å². The Balaban J connectivity index is 2.39. The van der Waals surface area contributed by atoms with Crippen molar-refractivity contribution in [3.8, 4) is 0 Å². The molecule has 0 saturated carbocycles. The van der Waals surface area contributed by atoms with E-state index in [0.29, 0.717) is 0 Å². The van der Waals surface area contributed by atoms with Crippen molar-refractivity contribution in [2.45, 2.75) is 6.92 Å². The first kappa shape index (κ1) is 15.4. The van der Waals surface area contributed by atoms with Gasteiger partial charge in [-0.1, -0.05) is 24.3 Å². The SMILES string of the molecule is Cc1ccccc1/C=C/C(=O)NCC(=O)NCC(=O)O. The Morgan fingerprint density at radius 1 is 1.15 bits per heavy atom. The van der Waals surface area contributed by atoms with Crippen molar-refractivity contribution < 1.29 is 19.5 Å². The molecule has 6 heteroatoms. The second-order valence-electron chi connectivity index (χ2n) is 4.08. The summed E-state index contributed by atoms with van der Waals surface area (Å²) in [5.41, 5.74) is 1.95. The fourth-order valence-corrected chi connectivity index (χ4v) is 1.40. The van der Waals surface area contributed by atoms with Gasteiger partial charge in [0, 0.05) is 6.08 Å². The lowest BCUT2D eigenvalue weighted by atomic mass is 10.1. The van der Waals surface area contributed by atoms with E-state index in [-0.39, 0.29) is 6.54 Å². The first-order valence-electron chi connectivity index (χ1n) is 5.99. The third-order valence-corrected chi connectivity index (χ3v) is 2.46. The number of aliphatic carboxylic acids is 1. The van der Waals surface area contributed by atoms with E-state index >= 15 is 0 Å². The summed E-state index contributed by atoms with van der Waals surface area (Å²) < 4.78 is 0. The Morgan fingerprint density at radius 3 is 2.50 bits per heavy atom. The Hall–Kier alpha value is -2.63. The lowest BCUT2D eigenvalue weighted by Crippen LogP contribution is -2.38. The van der Waals surface area contributed by atoms with Gasteiger partial charge in [-0.2, -0.15) is 0 Å². The molecule has 1 aromatic rings. The van der Waals surface area contributed by atoms with Crippen molar-refractivity contribution in [3.05, 3.63) is 41.5 Å². The number of amides is 2. The Morgan fingerprint density at radius 2 is 1.85 bits per heavy atom. The van der Waals surface area contributed by atoms with E-state index in [2.05, 4.69) is 10.6 Å². The summed E-state index contributed by atoms with van der Waals surface area (Å²) in [7, 11) is 0. The molecular weight excluding hydrogens is 260 g/mol. The lowest BCUT2D eigenvalue weighted by Gasteiger charge is -2.03. The number of carbonyl (C=O) groups excluding carboxylic acids is 2. The normalized spacial score (nSPS) is 10.2. The third-order valence-electron chi connectivity index (χ3n) is 2.46. The maximum absolute atomic E-state index is 11.5. The molecule has 0 aromatic heterocycles. The molecule has 0 bridgehead atoms. The summed E-state index contributed by atoms with van der Waals surface area (Å²) in [4.78, 5) is 32.9. The summed E-state index contributed by atoms with van der Waals surface area (Å²) in [5, 5.41) is 12.9. The average Bonchev–Trinajstić information content (AvgIpc) is 2.42. The molecular formula is C14H16N2O4. The summed E-state index contributed by atoms with van der Waals surface area (Å²) in [6, 6.07) is 7.57. The molecule has 1 rings (SSSR count). The highest BCUT2D eigenvalue weighted by Gasteiger charge is 2.04. The highest BCUT2D eigenvalue weighted by molar-refractivity contribution is 5.94. The number of carboxylic acid groups (broad SMARTS) is 1. The van der Waals surface area contributed by atoms with Crippen molar-refractivity contribution in [1.29, 1.82) is 0 Å². The van der Waals surface area contributed by atoms with Crippen LogP contribution in [0.3, 0.4) is 0 Å². The van der Waals surface area contributed by atoms with Crippen LogP contribution in [0, 0.1) is 6.92 Å². The van der Waals surface area contributed by atoms with E-state index in [1.165, 1.54) is 6.08 Å². The summed E-state index contributed by atoms with van der Waals surface area (Å²) in [6.07, 6.45) is 2.98. The van der Waals surface area contributed by atoms with Crippen molar-refractivity contribution in [3.63, 3.8) is 0 Å². The van der Waals surface area contributed by atoms with Crippen LogP contribution < -0.4 is 10.6 Å². The average molecular weight is 276 g/mol. The predicted octanol–water partition coefficient (Wildman–Crippen LogP) is 0.325. The number of aryl methyl sites for hydroxylation is 1. The van der Waals surface area contributed by atoms with E-state index < -0.39 is 24.3 Å². The highest BCUT2D eigenvalue weighted by Crippen LogP contribution is 2.08. The fraction of sp³-hybridized carbons (Fsp3) is 0.214. The van der Waals surface area contributed by atoms with E-state index in [0.717, 1.165) is 11.1 Å². The molecule has 0 aliphatic heterocycles. The molecule has 0 atom stereocenters. The first-order valence-corrected chi connectivity index (χ1v) is 5.99. The van der Waals surface area contributed by atoms with Gasteiger partial charge in [-0.3, -0.25) is 14.4 Å². The molecule has 0 spiro atoms. The number of carboxylic acids is 1. The molecule has 106 valence electrons. The van der Waals surface area contributed by atoms with Crippen molar-refractivity contribution >= 4 is 23.9 Å². The van der Waals surface area contributed by atoms with Gasteiger partial charge in [0.1, 0.15) is 6.54 Å².